The normalized spacial score (nSPS) is 11.1. The van der Waals surface area contributed by atoms with Crippen molar-refractivity contribution in [3.8, 4) is 16.9 Å². The van der Waals surface area contributed by atoms with E-state index < -0.39 is 16.8 Å². The summed E-state index contributed by atoms with van der Waals surface area (Å²) in [6, 6.07) is 25.5. The summed E-state index contributed by atoms with van der Waals surface area (Å²) in [6.07, 6.45) is 1.37. The van der Waals surface area contributed by atoms with Crippen molar-refractivity contribution in [1.29, 1.82) is 0 Å². The molecular weight excluding hydrogens is 691 g/mol. The molecule has 1 heterocycles. The highest BCUT2D eigenvalue weighted by Crippen LogP contribution is 2.33. The summed E-state index contributed by atoms with van der Waals surface area (Å²) < 4.78 is 7.26. The molecule has 0 aliphatic carbocycles. The molecule has 198 valence electrons. The lowest BCUT2D eigenvalue weighted by molar-refractivity contribution is -0.384. The van der Waals surface area contributed by atoms with E-state index in [-0.39, 0.29) is 17.0 Å². The molecule has 0 unspecified atom stereocenters. The predicted molar refractivity (Wildman–Crippen MR) is 164 cm³/mol. The van der Waals surface area contributed by atoms with Crippen LogP contribution >= 0.6 is 38.5 Å². The molecule has 0 aliphatic rings. The molecule has 5 aromatic rings. The van der Waals surface area contributed by atoms with Crippen molar-refractivity contribution >= 4 is 73.2 Å². The number of ether oxygens (including phenoxy) is 1. The number of hydrazone groups is 1. The van der Waals surface area contributed by atoms with Gasteiger partial charge in [0.1, 0.15) is 11.4 Å². The molecule has 1 amide bonds. The summed E-state index contributed by atoms with van der Waals surface area (Å²) in [6.45, 7) is 0. The Bertz CT molecular complexity index is 1790. The molecule has 0 radical (unpaired) electrons. The number of carbonyl (C=O) groups excluding carboxylic acids is 2. The van der Waals surface area contributed by atoms with Gasteiger partial charge in [-0.3, -0.25) is 14.9 Å². The number of benzene rings is 4. The third-order valence-electron chi connectivity index (χ3n) is 5.91. The Morgan fingerprint density at radius 1 is 1.00 bits per heavy atom. The summed E-state index contributed by atoms with van der Waals surface area (Å²) in [5.41, 5.74) is 5.82. The van der Waals surface area contributed by atoms with E-state index in [1.54, 1.807) is 18.2 Å². The quantitative estimate of drug-likeness (QED) is 0.0466. The number of hydrogen-bond donors (Lipinski definition) is 2. The van der Waals surface area contributed by atoms with Gasteiger partial charge in [0.15, 0.2) is 0 Å². The SMILES string of the molecule is O=C(Oc1ccc(Br)cc1C=NNC(=O)c1[nH]c2ccc(I)cc2c1-c1ccccc1)c1ccc([N+](=O)[O-])cc1. The number of nitrogens with one attached hydrogen (secondary N) is 2. The van der Waals surface area contributed by atoms with Crippen molar-refractivity contribution in [3.05, 3.63) is 126 Å². The number of halogens is 2. The van der Waals surface area contributed by atoms with Gasteiger partial charge in [0.2, 0.25) is 0 Å². The van der Waals surface area contributed by atoms with Gasteiger partial charge in [-0.1, -0.05) is 46.3 Å². The number of amides is 1. The number of esters is 1. The van der Waals surface area contributed by atoms with E-state index in [0.717, 1.165) is 25.6 Å². The topological polar surface area (TPSA) is 127 Å². The molecule has 4 aromatic carbocycles. The standard InChI is InChI=1S/C29H18BrIN4O5/c30-20-8-13-25(40-29(37)18-6-10-22(11-7-18)35(38)39)19(14-20)16-32-34-28(36)27-26(17-4-2-1-3-5-17)23-15-21(31)9-12-24(23)33-27/h1-16,33H,(H,34,36). The second-order valence-electron chi connectivity index (χ2n) is 8.51. The molecule has 0 atom stereocenters. The van der Waals surface area contributed by atoms with Crippen molar-refractivity contribution in [3.63, 3.8) is 0 Å². The Balaban J connectivity index is 1.39. The number of nitrogens with zero attached hydrogens (tertiary/aromatic N) is 2. The highest BCUT2D eigenvalue weighted by molar-refractivity contribution is 14.1. The number of fused-ring (bicyclic) bond motifs is 1. The Morgan fingerprint density at radius 3 is 2.48 bits per heavy atom. The highest BCUT2D eigenvalue weighted by atomic mass is 127. The molecular formula is C29H18BrIN4O5. The van der Waals surface area contributed by atoms with Crippen molar-refractivity contribution in [2.75, 3.05) is 0 Å². The van der Waals surface area contributed by atoms with Gasteiger partial charge in [-0.15, -0.1) is 0 Å². The van der Waals surface area contributed by atoms with Crippen LogP contribution in [0.4, 0.5) is 5.69 Å². The van der Waals surface area contributed by atoms with E-state index >= 15 is 0 Å². The number of carbonyl (C=O) groups is 2. The maximum atomic E-state index is 13.3. The fraction of sp³-hybridized carbons (Fsp3) is 0. The molecule has 11 heteroatoms. The number of non-ortho nitro benzene ring substituents is 1. The Hall–Kier alpha value is -4.36. The van der Waals surface area contributed by atoms with Gasteiger partial charge in [-0.25, -0.2) is 10.2 Å². The van der Waals surface area contributed by atoms with E-state index in [4.69, 9.17) is 4.74 Å². The molecule has 1 aromatic heterocycles. The first kappa shape index (κ1) is 27.2. The minimum Gasteiger partial charge on any atom is -0.422 e. The second-order valence-corrected chi connectivity index (χ2v) is 10.7. The number of H-pyrrole nitrogens is 1. The number of nitro benzene ring substituents is 1. The van der Waals surface area contributed by atoms with E-state index in [0.29, 0.717) is 15.7 Å². The molecule has 0 aliphatic heterocycles. The highest BCUT2D eigenvalue weighted by Gasteiger charge is 2.19. The van der Waals surface area contributed by atoms with Crippen LogP contribution < -0.4 is 10.2 Å². The van der Waals surface area contributed by atoms with Crippen LogP contribution in [0.5, 0.6) is 5.75 Å². The molecule has 0 spiro atoms. The molecule has 9 nitrogen and oxygen atoms in total. The van der Waals surface area contributed by atoms with E-state index in [2.05, 4.69) is 54.0 Å². The Morgan fingerprint density at radius 2 is 1.75 bits per heavy atom. The van der Waals surface area contributed by atoms with Crippen molar-refractivity contribution in [2.24, 2.45) is 5.10 Å². The van der Waals surface area contributed by atoms with Crippen LogP contribution in [0, 0.1) is 13.7 Å². The predicted octanol–water partition coefficient (Wildman–Crippen LogP) is 7.09. The van der Waals surface area contributed by atoms with Gasteiger partial charge in [0, 0.05) is 42.2 Å². The lowest BCUT2D eigenvalue weighted by atomic mass is 10.0. The van der Waals surface area contributed by atoms with Crippen LogP contribution in [-0.2, 0) is 0 Å². The molecule has 40 heavy (non-hydrogen) atoms. The lowest BCUT2D eigenvalue weighted by Crippen LogP contribution is -2.19. The van der Waals surface area contributed by atoms with E-state index in [1.165, 1.54) is 30.5 Å². The minimum absolute atomic E-state index is 0.135. The van der Waals surface area contributed by atoms with Crippen LogP contribution in [0.25, 0.3) is 22.0 Å². The van der Waals surface area contributed by atoms with E-state index in [1.807, 2.05) is 48.5 Å². The van der Waals surface area contributed by atoms with Gasteiger partial charge in [-0.05, 0) is 76.7 Å². The number of nitro groups is 1. The number of hydrogen-bond acceptors (Lipinski definition) is 6. The average Bonchev–Trinajstić information content (AvgIpc) is 3.33. The van der Waals surface area contributed by atoms with Gasteiger partial charge >= 0.3 is 5.97 Å². The van der Waals surface area contributed by atoms with Crippen LogP contribution in [0.2, 0.25) is 0 Å². The molecule has 0 saturated carbocycles. The number of aromatic amines is 1. The summed E-state index contributed by atoms with van der Waals surface area (Å²) >= 11 is 5.62. The Labute approximate surface area is 249 Å². The van der Waals surface area contributed by atoms with Crippen LogP contribution in [0.3, 0.4) is 0 Å². The summed E-state index contributed by atoms with van der Waals surface area (Å²) in [5, 5.41) is 15.9. The number of rotatable bonds is 7. The second kappa shape index (κ2) is 11.8. The average molecular weight is 709 g/mol. The van der Waals surface area contributed by atoms with Crippen LogP contribution in [0.15, 0.2) is 101 Å². The third kappa shape index (κ3) is 5.95. The molecule has 0 bridgehead atoms. The first-order valence-corrected chi connectivity index (χ1v) is 13.6. The zero-order valence-electron chi connectivity index (χ0n) is 20.4. The molecule has 0 saturated heterocycles. The molecule has 5 rings (SSSR count). The Kier molecular flexibility index (Phi) is 8.03. The van der Waals surface area contributed by atoms with Crippen molar-refractivity contribution < 1.29 is 19.2 Å². The van der Waals surface area contributed by atoms with Crippen LogP contribution in [0.1, 0.15) is 26.4 Å². The summed E-state index contributed by atoms with van der Waals surface area (Å²) in [5.74, 6) is -0.952. The fourth-order valence-corrected chi connectivity index (χ4v) is 4.92. The van der Waals surface area contributed by atoms with Crippen LogP contribution in [-0.4, -0.2) is 28.0 Å². The fourth-order valence-electron chi connectivity index (χ4n) is 4.05. The van der Waals surface area contributed by atoms with Gasteiger partial charge in [0.25, 0.3) is 11.6 Å². The third-order valence-corrected chi connectivity index (χ3v) is 7.07. The van der Waals surface area contributed by atoms with Gasteiger partial charge < -0.3 is 9.72 Å². The molecule has 2 N–H and O–H groups in total. The first-order valence-electron chi connectivity index (χ1n) is 11.8. The summed E-state index contributed by atoms with van der Waals surface area (Å²) in [7, 11) is 0. The van der Waals surface area contributed by atoms with Crippen molar-refractivity contribution in [1.82, 2.24) is 10.4 Å². The van der Waals surface area contributed by atoms with Gasteiger partial charge in [0.05, 0.1) is 16.7 Å². The maximum Gasteiger partial charge on any atom is 0.343 e. The van der Waals surface area contributed by atoms with Crippen molar-refractivity contribution in [2.45, 2.75) is 0 Å². The van der Waals surface area contributed by atoms with E-state index in [9.17, 15) is 19.7 Å². The largest absolute Gasteiger partial charge is 0.422 e. The smallest absolute Gasteiger partial charge is 0.343 e. The zero-order chi connectivity index (χ0) is 28.2. The first-order chi connectivity index (χ1) is 19.3. The summed E-state index contributed by atoms with van der Waals surface area (Å²) in [4.78, 5) is 39.5. The lowest BCUT2D eigenvalue weighted by Gasteiger charge is -2.08. The zero-order valence-corrected chi connectivity index (χ0v) is 24.2. The monoisotopic (exact) mass is 708 g/mol. The van der Waals surface area contributed by atoms with Gasteiger partial charge in [-0.2, -0.15) is 5.10 Å². The molecule has 0 fully saturated rings. The number of aromatic nitrogens is 1. The maximum absolute atomic E-state index is 13.3. The minimum atomic E-state index is -0.698.